The molecule has 1 unspecified atom stereocenters. The van der Waals surface area contributed by atoms with Gasteiger partial charge in [0.1, 0.15) is 12.6 Å². The number of benzene rings is 3. The van der Waals surface area contributed by atoms with Gasteiger partial charge in [-0.05, 0) is 53.4 Å². The number of carbonyl (C=O) groups excluding carboxylic acids is 2. The van der Waals surface area contributed by atoms with Crippen molar-refractivity contribution in [3.05, 3.63) is 89.5 Å². The Morgan fingerprint density at radius 2 is 1.47 bits per heavy atom. The predicted molar refractivity (Wildman–Crippen MR) is 120 cm³/mol. The average Bonchev–Trinajstić information content (AvgIpc) is 3.12. The number of hydrogen-bond acceptors (Lipinski definition) is 4. The van der Waals surface area contributed by atoms with E-state index in [2.05, 4.69) is 34.9 Å². The van der Waals surface area contributed by atoms with Crippen LogP contribution in [0.4, 0.5) is 10.5 Å². The molecule has 0 fully saturated rings. The van der Waals surface area contributed by atoms with Crippen LogP contribution in [0, 0.1) is 0 Å². The van der Waals surface area contributed by atoms with Crippen LogP contribution in [0.5, 0.6) is 0 Å². The Morgan fingerprint density at radius 1 is 0.906 bits per heavy atom. The normalized spacial score (nSPS) is 12.9. The van der Waals surface area contributed by atoms with Gasteiger partial charge in [-0.25, -0.2) is 4.79 Å². The van der Waals surface area contributed by atoms with E-state index in [1.54, 1.807) is 12.1 Å². The molecule has 162 valence electrons. The third-order valence-electron chi connectivity index (χ3n) is 5.46. The number of carbonyl (C=O) groups is 3. The fourth-order valence-corrected chi connectivity index (χ4v) is 3.80. The van der Waals surface area contributed by atoms with Crippen molar-refractivity contribution >= 4 is 23.7 Å². The Morgan fingerprint density at radius 3 is 2.03 bits per heavy atom. The minimum Gasteiger partial charge on any atom is -0.480 e. The Hall–Kier alpha value is -4.13. The van der Waals surface area contributed by atoms with Crippen molar-refractivity contribution in [3.8, 4) is 11.1 Å². The van der Waals surface area contributed by atoms with Crippen LogP contribution in [0.3, 0.4) is 0 Å². The summed E-state index contributed by atoms with van der Waals surface area (Å²) in [6.07, 6.45) is -0.594. The number of nitrogens with one attached hydrogen (secondary N) is 2. The molecule has 2 amide bonds. The zero-order chi connectivity index (χ0) is 22.7. The maximum absolute atomic E-state index is 12.4. The van der Waals surface area contributed by atoms with Crippen molar-refractivity contribution in [2.45, 2.75) is 18.9 Å². The lowest BCUT2D eigenvalue weighted by atomic mass is 9.98. The molecule has 4 rings (SSSR count). The second kappa shape index (κ2) is 8.93. The molecule has 0 radical (unpaired) electrons. The lowest BCUT2D eigenvalue weighted by molar-refractivity contribution is -0.138. The van der Waals surface area contributed by atoms with E-state index >= 15 is 0 Å². The number of ether oxygens (including phenoxy) is 1. The minimum atomic E-state index is -1.12. The summed E-state index contributed by atoms with van der Waals surface area (Å²) in [5.74, 6) is -1.66. The smallest absolute Gasteiger partial charge is 0.411 e. The number of carboxylic acid groups (broad SMARTS) is 1. The first-order chi connectivity index (χ1) is 15.4. The van der Waals surface area contributed by atoms with Crippen LogP contribution < -0.4 is 10.6 Å². The fraction of sp³-hybridized carbons (Fsp3) is 0.160. The Balaban J connectivity index is 1.37. The molecule has 0 heterocycles. The van der Waals surface area contributed by atoms with E-state index < -0.39 is 24.0 Å². The molecule has 7 nitrogen and oxygen atoms in total. The maximum Gasteiger partial charge on any atom is 0.411 e. The molecule has 0 saturated heterocycles. The molecule has 3 aromatic carbocycles. The van der Waals surface area contributed by atoms with Crippen molar-refractivity contribution in [1.29, 1.82) is 0 Å². The van der Waals surface area contributed by atoms with Gasteiger partial charge in [0, 0.05) is 17.2 Å². The summed E-state index contributed by atoms with van der Waals surface area (Å²) in [5.41, 5.74) is 5.33. The second-order valence-corrected chi connectivity index (χ2v) is 7.56. The average molecular weight is 430 g/mol. The Labute approximate surface area is 185 Å². The number of amides is 2. The summed E-state index contributed by atoms with van der Waals surface area (Å²) >= 11 is 0. The van der Waals surface area contributed by atoms with Gasteiger partial charge in [-0.2, -0.15) is 0 Å². The Kier molecular flexibility index (Phi) is 5.89. The highest BCUT2D eigenvalue weighted by Gasteiger charge is 2.29. The van der Waals surface area contributed by atoms with E-state index in [1.807, 2.05) is 24.3 Å². The van der Waals surface area contributed by atoms with E-state index in [0.29, 0.717) is 5.69 Å². The molecule has 3 aromatic rings. The van der Waals surface area contributed by atoms with Crippen molar-refractivity contribution in [3.63, 3.8) is 0 Å². The summed E-state index contributed by atoms with van der Waals surface area (Å²) < 4.78 is 5.51. The number of aliphatic carboxylic acids is 1. The molecule has 1 aliphatic carbocycles. The molecule has 3 N–H and O–H groups in total. The first-order valence-electron chi connectivity index (χ1n) is 10.2. The van der Waals surface area contributed by atoms with Gasteiger partial charge in [-0.15, -0.1) is 0 Å². The van der Waals surface area contributed by atoms with Crippen LogP contribution in [0.2, 0.25) is 0 Å². The van der Waals surface area contributed by atoms with Crippen LogP contribution in [-0.4, -0.2) is 35.7 Å². The summed E-state index contributed by atoms with van der Waals surface area (Å²) in [6.45, 7) is 1.58. The SMILES string of the molecule is CC(NC(=O)c1ccc(NC(=O)OCC2c3ccccc3-c3ccccc32)cc1)C(=O)O. The molecular formula is C25H22N2O5. The molecule has 1 atom stereocenters. The summed E-state index contributed by atoms with van der Waals surface area (Å²) in [7, 11) is 0. The standard InChI is InChI=1S/C25H22N2O5/c1-15(24(29)30)26-23(28)16-10-12-17(13-11-16)27-25(31)32-14-22-20-8-4-2-6-18(20)19-7-3-5-9-21(19)22/h2-13,15,22H,14H2,1H3,(H,26,28)(H,27,31)(H,29,30). The fourth-order valence-electron chi connectivity index (χ4n) is 3.80. The van der Waals surface area contributed by atoms with E-state index in [0.717, 1.165) is 22.3 Å². The van der Waals surface area contributed by atoms with Crippen LogP contribution in [0.25, 0.3) is 11.1 Å². The summed E-state index contributed by atoms with van der Waals surface area (Å²) in [6, 6.07) is 21.3. The lowest BCUT2D eigenvalue weighted by Gasteiger charge is -2.15. The van der Waals surface area contributed by atoms with Crippen molar-refractivity contribution in [2.24, 2.45) is 0 Å². The van der Waals surface area contributed by atoms with Crippen molar-refractivity contribution in [2.75, 3.05) is 11.9 Å². The quantitative estimate of drug-likeness (QED) is 0.542. The van der Waals surface area contributed by atoms with Gasteiger partial charge in [0.05, 0.1) is 0 Å². The molecule has 0 spiro atoms. The predicted octanol–water partition coefficient (Wildman–Crippen LogP) is 4.25. The highest BCUT2D eigenvalue weighted by atomic mass is 16.5. The number of hydrogen-bond donors (Lipinski definition) is 3. The van der Waals surface area contributed by atoms with Gasteiger partial charge in [0.2, 0.25) is 0 Å². The van der Waals surface area contributed by atoms with E-state index in [9.17, 15) is 14.4 Å². The lowest BCUT2D eigenvalue weighted by Crippen LogP contribution is -2.38. The van der Waals surface area contributed by atoms with Gasteiger partial charge < -0.3 is 15.2 Å². The maximum atomic E-state index is 12.4. The van der Waals surface area contributed by atoms with Crippen LogP contribution in [0.15, 0.2) is 72.8 Å². The molecule has 1 aliphatic rings. The van der Waals surface area contributed by atoms with Crippen LogP contribution in [0.1, 0.15) is 34.3 Å². The molecule has 0 saturated carbocycles. The topological polar surface area (TPSA) is 105 Å². The van der Waals surface area contributed by atoms with Crippen LogP contribution in [-0.2, 0) is 9.53 Å². The summed E-state index contributed by atoms with van der Waals surface area (Å²) in [4.78, 5) is 35.3. The third-order valence-corrected chi connectivity index (χ3v) is 5.46. The van der Waals surface area contributed by atoms with Gasteiger partial charge >= 0.3 is 12.1 Å². The van der Waals surface area contributed by atoms with Gasteiger partial charge in [0.25, 0.3) is 5.91 Å². The van der Waals surface area contributed by atoms with Crippen molar-refractivity contribution < 1.29 is 24.2 Å². The zero-order valence-corrected chi connectivity index (χ0v) is 17.4. The van der Waals surface area contributed by atoms with Crippen molar-refractivity contribution in [1.82, 2.24) is 5.32 Å². The van der Waals surface area contributed by atoms with Crippen LogP contribution >= 0.6 is 0 Å². The highest BCUT2D eigenvalue weighted by molar-refractivity contribution is 5.97. The number of anilines is 1. The first-order valence-corrected chi connectivity index (χ1v) is 10.2. The molecule has 0 aromatic heterocycles. The minimum absolute atomic E-state index is 0.0320. The molecule has 0 bridgehead atoms. The molecular weight excluding hydrogens is 408 g/mol. The number of rotatable bonds is 6. The molecule has 0 aliphatic heterocycles. The Bertz CT molecular complexity index is 1130. The monoisotopic (exact) mass is 430 g/mol. The van der Waals surface area contributed by atoms with Gasteiger partial charge in [0.15, 0.2) is 0 Å². The highest BCUT2D eigenvalue weighted by Crippen LogP contribution is 2.44. The number of fused-ring (bicyclic) bond motifs is 3. The third kappa shape index (κ3) is 4.32. The van der Waals surface area contributed by atoms with E-state index in [4.69, 9.17) is 9.84 Å². The molecule has 32 heavy (non-hydrogen) atoms. The summed E-state index contributed by atoms with van der Waals surface area (Å²) in [5, 5.41) is 13.9. The number of carboxylic acids is 1. The largest absolute Gasteiger partial charge is 0.480 e. The van der Waals surface area contributed by atoms with E-state index in [-0.39, 0.29) is 18.1 Å². The zero-order valence-electron chi connectivity index (χ0n) is 17.4. The molecule has 7 heteroatoms. The second-order valence-electron chi connectivity index (χ2n) is 7.56. The van der Waals surface area contributed by atoms with Gasteiger partial charge in [-0.3, -0.25) is 14.9 Å². The van der Waals surface area contributed by atoms with Gasteiger partial charge in [-0.1, -0.05) is 48.5 Å². The van der Waals surface area contributed by atoms with E-state index in [1.165, 1.54) is 19.1 Å². The first kappa shape index (κ1) is 21.1.